The van der Waals surface area contributed by atoms with Gasteiger partial charge in [-0.15, -0.1) is 0 Å². The molecule has 1 aromatic rings. The van der Waals surface area contributed by atoms with Crippen LogP contribution >= 0.6 is 0 Å². The van der Waals surface area contributed by atoms with E-state index in [0.717, 1.165) is 5.56 Å². The average Bonchev–Trinajstić information content (AvgIpc) is 2.65. The molecule has 0 aliphatic heterocycles. The molecule has 0 amide bonds. The molecule has 0 aromatic heterocycles. The maximum Gasteiger partial charge on any atom is 0.316 e. The van der Waals surface area contributed by atoms with Crippen LogP contribution in [0.5, 0.6) is 5.75 Å². The number of Topliss-reactive ketones (excluding diaryl/α,β-unsaturated/α-hetero) is 1. The highest BCUT2D eigenvalue weighted by molar-refractivity contribution is 6.12. The van der Waals surface area contributed by atoms with E-state index in [0.29, 0.717) is 17.7 Å². The molecule has 0 unspecified atom stereocenters. The summed E-state index contributed by atoms with van der Waals surface area (Å²) in [7, 11) is 2.83. The maximum atomic E-state index is 11.9. The Morgan fingerprint density at radius 1 is 1.38 bits per heavy atom. The van der Waals surface area contributed by atoms with E-state index in [4.69, 9.17) is 4.74 Å². The van der Waals surface area contributed by atoms with E-state index in [9.17, 15) is 9.59 Å². The highest BCUT2D eigenvalue weighted by atomic mass is 16.5. The second-order valence-corrected chi connectivity index (χ2v) is 3.67. The fourth-order valence-electron chi connectivity index (χ4n) is 1.92. The lowest BCUT2D eigenvalue weighted by atomic mass is 10.1. The normalized spacial score (nSPS) is 18.1. The Morgan fingerprint density at radius 2 is 2.12 bits per heavy atom. The first-order valence-electron chi connectivity index (χ1n) is 4.96. The summed E-state index contributed by atoms with van der Waals surface area (Å²) in [5, 5.41) is 0. The third-order valence-electron chi connectivity index (χ3n) is 2.81. The number of esters is 1. The van der Waals surface area contributed by atoms with Gasteiger partial charge in [0.05, 0.1) is 14.2 Å². The summed E-state index contributed by atoms with van der Waals surface area (Å²) in [6.07, 6.45) is 0.421. The van der Waals surface area contributed by atoms with Gasteiger partial charge in [-0.2, -0.15) is 0 Å². The van der Waals surface area contributed by atoms with Crippen LogP contribution in [0.1, 0.15) is 15.9 Å². The van der Waals surface area contributed by atoms with Crippen LogP contribution in [-0.4, -0.2) is 26.0 Å². The lowest BCUT2D eigenvalue weighted by molar-refractivity contribution is -0.143. The van der Waals surface area contributed by atoms with Gasteiger partial charge in [0, 0.05) is 5.56 Å². The molecular weight excluding hydrogens is 208 g/mol. The molecule has 1 aromatic carbocycles. The molecule has 1 aliphatic carbocycles. The molecular formula is C12H12O4. The number of ether oxygens (including phenoxy) is 2. The van der Waals surface area contributed by atoms with Crippen LogP contribution in [-0.2, 0) is 16.0 Å². The van der Waals surface area contributed by atoms with Gasteiger partial charge in [-0.1, -0.05) is 6.07 Å². The zero-order valence-corrected chi connectivity index (χ0v) is 9.15. The number of benzene rings is 1. The number of rotatable bonds is 2. The minimum atomic E-state index is -0.688. The SMILES string of the molecule is COC(=O)[C@@H]1Cc2ccc(OC)cc2C1=O. The van der Waals surface area contributed by atoms with Crippen LogP contribution < -0.4 is 4.74 Å². The van der Waals surface area contributed by atoms with Crippen molar-refractivity contribution in [3.63, 3.8) is 0 Å². The van der Waals surface area contributed by atoms with Gasteiger partial charge in [-0.3, -0.25) is 9.59 Å². The standard InChI is InChI=1S/C12H12O4/c1-15-8-4-3-7-5-10(12(14)16-2)11(13)9(7)6-8/h3-4,6,10H,5H2,1-2H3/t10-/m1/s1. The molecule has 0 bridgehead atoms. The largest absolute Gasteiger partial charge is 0.497 e. The Kier molecular flexibility index (Phi) is 2.64. The van der Waals surface area contributed by atoms with E-state index >= 15 is 0 Å². The van der Waals surface area contributed by atoms with Gasteiger partial charge in [0.25, 0.3) is 0 Å². The summed E-state index contributed by atoms with van der Waals surface area (Å²) in [4.78, 5) is 23.3. The Hall–Kier alpha value is -1.84. The van der Waals surface area contributed by atoms with Crippen LogP contribution in [0, 0.1) is 5.92 Å². The highest BCUT2D eigenvalue weighted by Crippen LogP contribution is 2.30. The van der Waals surface area contributed by atoms with Crippen LogP contribution in [0.3, 0.4) is 0 Å². The Balaban J connectivity index is 2.35. The molecule has 0 saturated carbocycles. The number of hydrogen-bond acceptors (Lipinski definition) is 4. The van der Waals surface area contributed by atoms with E-state index in [-0.39, 0.29) is 5.78 Å². The van der Waals surface area contributed by atoms with Crippen LogP contribution in [0.15, 0.2) is 18.2 Å². The highest BCUT2D eigenvalue weighted by Gasteiger charge is 2.36. The molecule has 0 N–H and O–H groups in total. The lowest BCUT2D eigenvalue weighted by Gasteiger charge is -2.03. The summed E-state index contributed by atoms with van der Waals surface area (Å²) in [6, 6.07) is 5.27. The van der Waals surface area contributed by atoms with Crippen LogP contribution in [0.25, 0.3) is 0 Å². The minimum absolute atomic E-state index is 0.180. The first-order valence-corrected chi connectivity index (χ1v) is 4.96. The van der Waals surface area contributed by atoms with Crippen molar-refractivity contribution in [2.75, 3.05) is 14.2 Å². The molecule has 0 spiro atoms. The van der Waals surface area contributed by atoms with Gasteiger partial charge >= 0.3 is 5.97 Å². The first-order chi connectivity index (χ1) is 7.67. The molecule has 1 aliphatic rings. The van der Waals surface area contributed by atoms with E-state index in [1.807, 2.05) is 6.07 Å². The topological polar surface area (TPSA) is 52.6 Å². The molecule has 0 heterocycles. The van der Waals surface area contributed by atoms with Crippen molar-refractivity contribution in [2.45, 2.75) is 6.42 Å². The van der Waals surface area contributed by atoms with Gasteiger partial charge in [-0.25, -0.2) is 0 Å². The van der Waals surface area contributed by atoms with Gasteiger partial charge in [-0.05, 0) is 24.1 Å². The fourth-order valence-corrected chi connectivity index (χ4v) is 1.92. The number of methoxy groups -OCH3 is 2. The summed E-state index contributed by atoms with van der Waals surface area (Å²) in [5.74, 6) is -0.717. The van der Waals surface area contributed by atoms with E-state index < -0.39 is 11.9 Å². The average molecular weight is 220 g/mol. The van der Waals surface area contributed by atoms with Crippen LogP contribution in [0.4, 0.5) is 0 Å². The predicted molar refractivity (Wildman–Crippen MR) is 56.5 cm³/mol. The van der Waals surface area contributed by atoms with Crippen molar-refractivity contribution >= 4 is 11.8 Å². The van der Waals surface area contributed by atoms with Crippen molar-refractivity contribution < 1.29 is 19.1 Å². The molecule has 1 atom stereocenters. The zero-order valence-electron chi connectivity index (χ0n) is 9.15. The Labute approximate surface area is 93.2 Å². The van der Waals surface area contributed by atoms with Crippen molar-refractivity contribution in [3.05, 3.63) is 29.3 Å². The second kappa shape index (κ2) is 3.96. The van der Waals surface area contributed by atoms with Crippen molar-refractivity contribution in [3.8, 4) is 5.75 Å². The number of ketones is 1. The summed E-state index contributed by atoms with van der Waals surface area (Å²) in [6.45, 7) is 0. The molecule has 16 heavy (non-hydrogen) atoms. The molecule has 4 heteroatoms. The molecule has 0 fully saturated rings. The number of hydrogen-bond donors (Lipinski definition) is 0. The Morgan fingerprint density at radius 3 is 2.75 bits per heavy atom. The molecule has 0 saturated heterocycles. The van der Waals surface area contributed by atoms with Gasteiger partial charge in [0.2, 0.25) is 0 Å². The molecule has 4 nitrogen and oxygen atoms in total. The first kappa shape index (κ1) is 10.7. The Bertz CT molecular complexity index is 450. The van der Waals surface area contributed by atoms with Crippen molar-refractivity contribution in [1.29, 1.82) is 0 Å². The summed E-state index contributed by atoms with van der Waals surface area (Å²) >= 11 is 0. The van der Waals surface area contributed by atoms with E-state index in [1.165, 1.54) is 7.11 Å². The summed E-state index contributed by atoms with van der Waals surface area (Å²) < 4.78 is 9.64. The van der Waals surface area contributed by atoms with E-state index in [2.05, 4.69) is 4.74 Å². The van der Waals surface area contributed by atoms with Gasteiger partial charge < -0.3 is 9.47 Å². The second-order valence-electron chi connectivity index (χ2n) is 3.67. The van der Waals surface area contributed by atoms with Crippen LogP contribution in [0.2, 0.25) is 0 Å². The fraction of sp³-hybridized carbons (Fsp3) is 0.333. The maximum absolute atomic E-state index is 11.9. The molecule has 2 rings (SSSR count). The minimum Gasteiger partial charge on any atom is -0.497 e. The number of carbonyl (C=O) groups is 2. The summed E-state index contributed by atoms with van der Waals surface area (Å²) in [5.41, 5.74) is 1.44. The third kappa shape index (κ3) is 1.56. The molecule has 0 radical (unpaired) electrons. The van der Waals surface area contributed by atoms with Gasteiger partial charge in [0.1, 0.15) is 11.7 Å². The molecule has 84 valence electrons. The predicted octanol–water partition coefficient (Wildman–Crippen LogP) is 1.22. The van der Waals surface area contributed by atoms with Crippen molar-refractivity contribution in [1.82, 2.24) is 0 Å². The number of fused-ring (bicyclic) bond motifs is 1. The lowest BCUT2D eigenvalue weighted by Crippen LogP contribution is -2.21. The quantitative estimate of drug-likeness (QED) is 0.555. The van der Waals surface area contributed by atoms with Crippen molar-refractivity contribution in [2.24, 2.45) is 5.92 Å². The monoisotopic (exact) mass is 220 g/mol. The zero-order chi connectivity index (χ0) is 11.7. The number of carbonyl (C=O) groups excluding carboxylic acids is 2. The third-order valence-corrected chi connectivity index (χ3v) is 2.81. The van der Waals surface area contributed by atoms with E-state index in [1.54, 1.807) is 19.2 Å². The van der Waals surface area contributed by atoms with Gasteiger partial charge in [0.15, 0.2) is 5.78 Å². The smallest absolute Gasteiger partial charge is 0.316 e.